The first-order valence-corrected chi connectivity index (χ1v) is 5.27. The second-order valence-corrected chi connectivity index (χ2v) is 3.98. The maximum Gasteiger partial charge on any atom is 0.0704 e. The molecule has 1 N–H and O–H groups in total. The Kier molecular flexibility index (Phi) is 2.73. The normalized spacial score (nSPS) is 13.3. The van der Waals surface area contributed by atoms with E-state index in [0.717, 1.165) is 24.1 Å². The Balaban J connectivity index is 2.35. The van der Waals surface area contributed by atoms with Gasteiger partial charge >= 0.3 is 0 Å². The standard InChI is InChI=1S/C12H16N2O/c1-9(15)7-8-11-10-5-3-4-6-12(10)14(2)13-11/h3-6,9,15H,7-8H2,1-2H3/t9-/m0/s1. The number of para-hydroxylation sites is 1. The highest BCUT2D eigenvalue weighted by Crippen LogP contribution is 2.18. The van der Waals surface area contributed by atoms with Crippen molar-refractivity contribution in [3.05, 3.63) is 30.0 Å². The smallest absolute Gasteiger partial charge is 0.0704 e. The molecule has 1 aromatic carbocycles. The lowest BCUT2D eigenvalue weighted by atomic mass is 10.1. The Labute approximate surface area is 89.3 Å². The van der Waals surface area contributed by atoms with Crippen LogP contribution in [0, 0.1) is 0 Å². The molecule has 0 fully saturated rings. The number of aryl methyl sites for hydroxylation is 2. The second kappa shape index (κ2) is 4.03. The van der Waals surface area contributed by atoms with Gasteiger partial charge in [-0.1, -0.05) is 18.2 Å². The van der Waals surface area contributed by atoms with Gasteiger partial charge in [0, 0.05) is 12.4 Å². The summed E-state index contributed by atoms with van der Waals surface area (Å²) in [6.07, 6.45) is 1.34. The molecule has 0 aliphatic rings. The molecule has 0 saturated heterocycles. The molecule has 1 heterocycles. The number of aromatic nitrogens is 2. The highest BCUT2D eigenvalue weighted by atomic mass is 16.3. The van der Waals surface area contributed by atoms with Gasteiger partial charge in [-0.3, -0.25) is 4.68 Å². The van der Waals surface area contributed by atoms with Crippen LogP contribution < -0.4 is 0 Å². The zero-order chi connectivity index (χ0) is 10.8. The summed E-state index contributed by atoms with van der Waals surface area (Å²) in [5.41, 5.74) is 2.23. The molecule has 15 heavy (non-hydrogen) atoms. The van der Waals surface area contributed by atoms with Crippen molar-refractivity contribution in [2.24, 2.45) is 7.05 Å². The minimum Gasteiger partial charge on any atom is -0.393 e. The lowest BCUT2D eigenvalue weighted by Crippen LogP contribution is -2.02. The van der Waals surface area contributed by atoms with Crippen molar-refractivity contribution in [1.29, 1.82) is 0 Å². The summed E-state index contributed by atoms with van der Waals surface area (Å²) in [6, 6.07) is 8.19. The van der Waals surface area contributed by atoms with Crippen LogP contribution in [-0.4, -0.2) is 21.0 Å². The van der Waals surface area contributed by atoms with E-state index in [4.69, 9.17) is 0 Å². The van der Waals surface area contributed by atoms with Crippen LogP contribution in [0.2, 0.25) is 0 Å². The van der Waals surface area contributed by atoms with Gasteiger partial charge in [-0.25, -0.2) is 0 Å². The monoisotopic (exact) mass is 204 g/mol. The van der Waals surface area contributed by atoms with E-state index in [-0.39, 0.29) is 6.10 Å². The summed E-state index contributed by atoms with van der Waals surface area (Å²) in [7, 11) is 1.95. The fourth-order valence-electron chi connectivity index (χ4n) is 1.82. The first-order valence-electron chi connectivity index (χ1n) is 5.27. The topological polar surface area (TPSA) is 38.1 Å². The molecule has 0 aliphatic heterocycles. The van der Waals surface area contributed by atoms with E-state index in [0.29, 0.717) is 0 Å². The Hall–Kier alpha value is -1.35. The third-order valence-electron chi connectivity index (χ3n) is 2.63. The summed E-state index contributed by atoms with van der Waals surface area (Å²) >= 11 is 0. The van der Waals surface area contributed by atoms with Crippen LogP contribution >= 0.6 is 0 Å². The molecule has 1 aromatic heterocycles. The third-order valence-corrected chi connectivity index (χ3v) is 2.63. The number of aliphatic hydroxyl groups excluding tert-OH is 1. The van der Waals surface area contributed by atoms with Crippen molar-refractivity contribution in [1.82, 2.24) is 9.78 Å². The molecular formula is C12H16N2O. The maximum atomic E-state index is 9.26. The predicted molar refractivity (Wildman–Crippen MR) is 60.7 cm³/mol. The Morgan fingerprint density at radius 3 is 2.87 bits per heavy atom. The Bertz CT molecular complexity index is 460. The third kappa shape index (κ3) is 2.02. The molecule has 0 bridgehead atoms. The van der Waals surface area contributed by atoms with Crippen LogP contribution in [0.1, 0.15) is 19.0 Å². The van der Waals surface area contributed by atoms with Crippen molar-refractivity contribution in [2.45, 2.75) is 25.9 Å². The zero-order valence-electron chi connectivity index (χ0n) is 9.14. The number of hydrogen-bond acceptors (Lipinski definition) is 2. The molecule has 0 aliphatic carbocycles. The summed E-state index contributed by atoms with van der Waals surface area (Å²) in [5.74, 6) is 0. The molecule has 0 amide bonds. The van der Waals surface area contributed by atoms with Crippen LogP contribution in [0.3, 0.4) is 0 Å². The van der Waals surface area contributed by atoms with Gasteiger partial charge in [-0.05, 0) is 25.8 Å². The van der Waals surface area contributed by atoms with Crippen molar-refractivity contribution in [3.8, 4) is 0 Å². The molecule has 0 radical (unpaired) electrons. The lowest BCUT2D eigenvalue weighted by Gasteiger charge is -2.00. The SMILES string of the molecule is C[C@H](O)CCc1nn(C)c2ccccc12. The summed E-state index contributed by atoms with van der Waals surface area (Å²) in [4.78, 5) is 0. The molecule has 80 valence electrons. The van der Waals surface area contributed by atoms with Gasteiger partial charge in [0.15, 0.2) is 0 Å². The van der Waals surface area contributed by atoms with Gasteiger partial charge in [0.05, 0.1) is 17.3 Å². The molecule has 2 aromatic rings. The van der Waals surface area contributed by atoms with Gasteiger partial charge in [-0.2, -0.15) is 5.10 Å². The van der Waals surface area contributed by atoms with Gasteiger partial charge in [0.1, 0.15) is 0 Å². The maximum absolute atomic E-state index is 9.26. The predicted octanol–water partition coefficient (Wildman–Crippen LogP) is 1.89. The number of fused-ring (bicyclic) bond motifs is 1. The first-order chi connectivity index (χ1) is 7.18. The lowest BCUT2D eigenvalue weighted by molar-refractivity contribution is 0.184. The minimum absolute atomic E-state index is 0.259. The van der Waals surface area contributed by atoms with Crippen LogP contribution in [-0.2, 0) is 13.5 Å². The molecule has 0 spiro atoms. The largest absolute Gasteiger partial charge is 0.393 e. The van der Waals surface area contributed by atoms with E-state index >= 15 is 0 Å². The van der Waals surface area contributed by atoms with Gasteiger partial charge < -0.3 is 5.11 Å². The van der Waals surface area contributed by atoms with Crippen molar-refractivity contribution in [2.75, 3.05) is 0 Å². The highest BCUT2D eigenvalue weighted by molar-refractivity contribution is 5.81. The Morgan fingerprint density at radius 1 is 1.40 bits per heavy atom. The summed E-state index contributed by atoms with van der Waals surface area (Å²) in [6.45, 7) is 1.81. The zero-order valence-corrected chi connectivity index (χ0v) is 9.14. The van der Waals surface area contributed by atoms with E-state index in [2.05, 4.69) is 17.2 Å². The fourth-order valence-corrected chi connectivity index (χ4v) is 1.82. The summed E-state index contributed by atoms with van der Waals surface area (Å²) < 4.78 is 1.90. The van der Waals surface area contributed by atoms with E-state index in [1.807, 2.05) is 30.8 Å². The number of nitrogens with zero attached hydrogens (tertiary/aromatic N) is 2. The van der Waals surface area contributed by atoms with E-state index in [9.17, 15) is 5.11 Å². The number of rotatable bonds is 3. The molecule has 0 unspecified atom stereocenters. The Morgan fingerprint density at radius 2 is 2.13 bits per heavy atom. The molecular weight excluding hydrogens is 188 g/mol. The number of benzene rings is 1. The van der Waals surface area contributed by atoms with Crippen molar-refractivity contribution >= 4 is 10.9 Å². The second-order valence-electron chi connectivity index (χ2n) is 3.98. The van der Waals surface area contributed by atoms with Gasteiger partial charge in [0.25, 0.3) is 0 Å². The molecule has 2 rings (SSSR count). The molecule has 0 saturated carbocycles. The average molecular weight is 204 g/mol. The molecule has 3 heteroatoms. The van der Waals surface area contributed by atoms with E-state index in [1.165, 1.54) is 5.39 Å². The van der Waals surface area contributed by atoms with Crippen molar-refractivity contribution < 1.29 is 5.11 Å². The van der Waals surface area contributed by atoms with Crippen LogP contribution in [0.5, 0.6) is 0 Å². The number of aliphatic hydroxyl groups is 1. The minimum atomic E-state index is -0.259. The first kappa shape index (κ1) is 10.2. The van der Waals surface area contributed by atoms with Crippen LogP contribution in [0.15, 0.2) is 24.3 Å². The van der Waals surface area contributed by atoms with E-state index in [1.54, 1.807) is 0 Å². The van der Waals surface area contributed by atoms with E-state index < -0.39 is 0 Å². The fraction of sp³-hybridized carbons (Fsp3) is 0.417. The van der Waals surface area contributed by atoms with Gasteiger partial charge in [-0.15, -0.1) is 0 Å². The van der Waals surface area contributed by atoms with Crippen molar-refractivity contribution in [3.63, 3.8) is 0 Å². The van der Waals surface area contributed by atoms with Crippen LogP contribution in [0.4, 0.5) is 0 Å². The van der Waals surface area contributed by atoms with Gasteiger partial charge in [0.2, 0.25) is 0 Å². The number of hydrogen-bond donors (Lipinski definition) is 1. The highest BCUT2D eigenvalue weighted by Gasteiger charge is 2.08. The quantitative estimate of drug-likeness (QED) is 0.829. The molecule has 1 atom stereocenters. The average Bonchev–Trinajstić information content (AvgIpc) is 2.54. The summed E-state index contributed by atoms with van der Waals surface area (Å²) in [5, 5.41) is 14.9. The molecule has 3 nitrogen and oxygen atoms in total. The van der Waals surface area contributed by atoms with Crippen LogP contribution in [0.25, 0.3) is 10.9 Å².